The van der Waals surface area contributed by atoms with Gasteiger partial charge < -0.3 is 10.1 Å². The van der Waals surface area contributed by atoms with Gasteiger partial charge >= 0.3 is 6.36 Å². The molecule has 0 amide bonds. The van der Waals surface area contributed by atoms with E-state index in [-0.39, 0.29) is 11.7 Å². The summed E-state index contributed by atoms with van der Waals surface area (Å²) in [4.78, 5) is 0. The van der Waals surface area contributed by atoms with E-state index in [9.17, 15) is 13.2 Å². The van der Waals surface area contributed by atoms with E-state index < -0.39 is 6.36 Å². The molecule has 18 heavy (non-hydrogen) atoms. The third kappa shape index (κ3) is 2.54. The van der Waals surface area contributed by atoms with Crippen molar-refractivity contribution in [1.82, 2.24) is 0 Å². The van der Waals surface area contributed by atoms with Gasteiger partial charge in [0.1, 0.15) is 0 Å². The molecule has 1 heterocycles. The molecule has 1 aliphatic rings. The van der Waals surface area contributed by atoms with Crippen molar-refractivity contribution in [1.29, 1.82) is 0 Å². The highest BCUT2D eigenvalue weighted by Gasteiger charge is 2.35. The third-order valence-corrected chi connectivity index (χ3v) is 3.51. The Bertz CT molecular complexity index is 431. The molecule has 0 bridgehead atoms. The fraction of sp³-hybridized carbons (Fsp3) is 0.538. The van der Waals surface area contributed by atoms with Crippen molar-refractivity contribution in [2.24, 2.45) is 5.92 Å². The Morgan fingerprint density at radius 3 is 2.78 bits per heavy atom. The van der Waals surface area contributed by atoms with Gasteiger partial charge in [-0.1, -0.05) is 32.4 Å². The average molecular weight is 259 g/mol. The predicted octanol–water partition coefficient (Wildman–Crippen LogP) is 4.14. The molecule has 2 atom stereocenters. The lowest BCUT2D eigenvalue weighted by Gasteiger charge is -2.17. The van der Waals surface area contributed by atoms with Gasteiger partial charge in [-0.15, -0.1) is 13.2 Å². The number of anilines is 1. The number of hydrogen-bond acceptors (Lipinski definition) is 2. The summed E-state index contributed by atoms with van der Waals surface area (Å²) in [7, 11) is 0. The molecule has 0 aromatic heterocycles. The van der Waals surface area contributed by atoms with E-state index >= 15 is 0 Å². The lowest BCUT2D eigenvalue weighted by molar-refractivity contribution is -0.274. The standard InChI is InChI=1S/C13H16F3NO/c1-3-8(2)10-7-17-12-9(10)5-4-6-11(12)18-13(14,15)16/h4-6,8,10,17H,3,7H2,1-2H3. The summed E-state index contributed by atoms with van der Waals surface area (Å²) in [6.07, 6.45) is -3.65. The SMILES string of the molecule is CCC(C)C1CNc2c(OC(F)(F)F)cccc21. The largest absolute Gasteiger partial charge is 0.573 e. The van der Waals surface area contributed by atoms with Crippen LogP contribution < -0.4 is 10.1 Å². The summed E-state index contributed by atoms with van der Waals surface area (Å²) >= 11 is 0. The number of nitrogens with one attached hydrogen (secondary N) is 1. The van der Waals surface area contributed by atoms with Gasteiger partial charge in [0.2, 0.25) is 0 Å². The van der Waals surface area contributed by atoms with Gasteiger partial charge in [0.15, 0.2) is 5.75 Å². The van der Waals surface area contributed by atoms with E-state index in [2.05, 4.69) is 23.9 Å². The van der Waals surface area contributed by atoms with E-state index in [1.807, 2.05) is 6.07 Å². The maximum Gasteiger partial charge on any atom is 0.573 e. The number of alkyl halides is 3. The second-order valence-corrected chi connectivity index (χ2v) is 4.64. The number of ether oxygens (including phenoxy) is 1. The number of benzene rings is 1. The number of rotatable bonds is 3. The quantitative estimate of drug-likeness (QED) is 0.880. The summed E-state index contributed by atoms with van der Waals surface area (Å²) < 4.78 is 40.9. The Labute approximate surface area is 104 Å². The Kier molecular flexibility index (Phi) is 3.41. The van der Waals surface area contributed by atoms with E-state index in [1.165, 1.54) is 6.07 Å². The van der Waals surface area contributed by atoms with Crippen molar-refractivity contribution in [3.63, 3.8) is 0 Å². The van der Waals surface area contributed by atoms with Crippen LogP contribution in [-0.2, 0) is 0 Å². The number of fused-ring (bicyclic) bond motifs is 1. The molecular weight excluding hydrogens is 243 g/mol. The fourth-order valence-corrected chi connectivity index (χ4v) is 2.37. The van der Waals surface area contributed by atoms with E-state index in [4.69, 9.17) is 0 Å². The van der Waals surface area contributed by atoms with Crippen LogP contribution in [0, 0.1) is 5.92 Å². The lowest BCUT2D eigenvalue weighted by Crippen LogP contribution is -2.17. The molecule has 2 nitrogen and oxygen atoms in total. The van der Waals surface area contributed by atoms with Gasteiger partial charge in [0, 0.05) is 12.5 Å². The van der Waals surface area contributed by atoms with Gasteiger partial charge in [-0.2, -0.15) is 0 Å². The zero-order valence-electron chi connectivity index (χ0n) is 10.3. The first-order valence-electron chi connectivity index (χ1n) is 6.05. The normalized spacial score (nSPS) is 20.2. The van der Waals surface area contributed by atoms with Gasteiger partial charge in [-0.3, -0.25) is 0 Å². The Morgan fingerprint density at radius 2 is 2.17 bits per heavy atom. The second kappa shape index (κ2) is 4.71. The minimum atomic E-state index is -4.65. The molecule has 1 aromatic carbocycles. The van der Waals surface area contributed by atoms with Gasteiger partial charge in [0.05, 0.1) is 5.69 Å². The topological polar surface area (TPSA) is 21.3 Å². The van der Waals surface area contributed by atoms with Crippen molar-refractivity contribution in [3.8, 4) is 5.75 Å². The summed E-state index contributed by atoms with van der Waals surface area (Å²) in [6.45, 7) is 4.86. The smallest absolute Gasteiger partial charge is 0.404 e. The minimum Gasteiger partial charge on any atom is -0.404 e. The molecule has 0 radical (unpaired) electrons. The van der Waals surface area contributed by atoms with E-state index in [0.717, 1.165) is 12.0 Å². The molecule has 1 aromatic rings. The van der Waals surface area contributed by atoms with Gasteiger partial charge in [-0.25, -0.2) is 0 Å². The summed E-state index contributed by atoms with van der Waals surface area (Å²) in [5.41, 5.74) is 1.41. The molecule has 1 N–H and O–H groups in total. The maximum absolute atomic E-state index is 12.3. The Hall–Kier alpha value is -1.39. The molecule has 0 saturated carbocycles. The highest BCUT2D eigenvalue weighted by molar-refractivity contribution is 5.67. The van der Waals surface area contributed by atoms with Crippen LogP contribution in [0.3, 0.4) is 0 Å². The van der Waals surface area contributed by atoms with Crippen LogP contribution >= 0.6 is 0 Å². The van der Waals surface area contributed by atoms with Crippen molar-refractivity contribution < 1.29 is 17.9 Å². The third-order valence-electron chi connectivity index (χ3n) is 3.51. The van der Waals surface area contributed by atoms with Crippen molar-refractivity contribution in [2.45, 2.75) is 32.5 Å². The first kappa shape index (κ1) is 13.1. The van der Waals surface area contributed by atoms with Crippen molar-refractivity contribution >= 4 is 5.69 Å². The summed E-state index contributed by atoms with van der Waals surface area (Å²) in [5, 5.41) is 3.03. The highest BCUT2D eigenvalue weighted by atomic mass is 19.4. The molecule has 100 valence electrons. The number of para-hydroxylation sites is 1. The van der Waals surface area contributed by atoms with Crippen LogP contribution in [0.25, 0.3) is 0 Å². The van der Waals surface area contributed by atoms with Crippen LogP contribution in [0.2, 0.25) is 0 Å². The molecular formula is C13H16F3NO. The molecule has 1 aliphatic heterocycles. The van der Waals surface area contributed by atoms with Crippen LogP contribution in [0.1, 0.15) is 31.7 Å². The van der Waals surface area contributed by atoms with Crippen molar-refractivity contribution in [3.05, 3.63) is 23.8 Å². The minimum absolute atomic E-state index is 0.134. The van der Waals surface area contributed by atoms with Crippen LogP contribution in [-0.4, -0.2) is 12.9 Å². The van der Waals surface area contributed by atoms with Gasteiger partial charge in [-0.05, 0) is 17.5 Å². The molecule has 2 unspecified atom stereocenters. The zero-order chi connectivity index (χ0) is 13.3. The maximum atomic E-state index is 12.3. The first-order chi connectivity index (χ1) is 8.42. The van der Waals surface area contributed by atoms with Crippen LogP contribution in [0.4, 0.5) is 18.9 Å². The van der Waals surface area contributed by atoms with Crippen molar-refractivity contribution in [2.75, 3.05) is 11.9 Å². The molecule has 0 aliphatic carbocycles. The average Bonchev–Trinajstić information content (AvgIpc) is 2.71. The summed E-state index contributed by atoms with van der Waals surface area (Å²) in [5.74, 6) is 0.549. The summed E-state index contributed by atoms with van der Waals surface area (Å²) in [6, 6.07) is 4.83. The molecule has 2 rings (SSSR count). The highest BCUT2D eigenvalue weighted by Crippen LogP contribution is 2.43. The first-order valence-corrected chi connectivity index (χ1v) is 6.05. The predicted molar refractivity (Wildman–Crippen MR) is 63.8 cm³/mol. The van der Waals surface area contributed by atoms with Gasteiger partial charge in [0.25, 0.3) is 0 Å². The van der Waals surface area contributed by atoms with E-state index in [0.29, 0.717) is 18.2 Å². The lowest BCUT2D eigenvalue weighted by atomic mass is 9.87. The number of halogens is 3. The molecule has 0 fully saturated rings. The Morgan fingerprint density at radius 1 is 1.44 bits per heavy atom. The number of hydrogen-bond donors (Lipinski definition) is 1. The Balaban J connectivity index is 2.30. The monoisotopic (exact) mass is 259 g/mol. The molecule has 5 heteroatoms. The van der Waals surface area contributed by atoms with Crippen LogP contribution in [0.5, 0.6) is 5.75 Å². The van der Waals surface area contributed by atoms with E-state index in [1.54, 1.807) is 6.07 Å². The molecule has 0 spiro atoms. The van der Waals surface area contributed by atoms with Crippen LogP contribution in [0.15, 0.2) is 18.2 Å². The fourth-order valence-electron chi connectivity index (χ4n) is 2.37. The zero-order valence-corrected chi connectivity index (χ0v) is 10.3. The second-order valence-electron chi connectivity index (χ2n) is 4.64. The molecule has 0 saturated heterocycles.